The Morgan fingerprint density at radius 3 is 3.12 bits per heavy atom. The van der Waals surface area contributed by atoms with Crippen LogP contribution in [0.5, 0.6) is 0 Å². The third-order valence-electron chi connectivity index (χ3n) is 3.23. The van der Waals surface area contributed by atoms with E-state index in [0.29, 0.717) is 6.04 Å². The fourth-order valence-corrected chi connectivity index (χ4v) is 2.80. The van der Waals surface area contributed by atoms with Crippen molar-refractivity contribution in [1.29, 1.82) is 0 Å². The van der Waals surface area contributed by atoms with Crippen LogP contribution in [0.1, 0.15) is 18.9 Å². The fraction of sp³-hybridized carbons (Fsp3) is 0.750. The van der Waals surface area contributed by atoms with Crippen molar-refractivity contribution >= 4 is 11.3 Å². The monoisotopic (exact) mass is 255 g/mol. The number of hydrogen-bond donors (Lipinski definition) is 1. The molecule has 1 saturated heterocycles. The number of thiazole rings is 1. The predicted molar refractivity (Wildman–Crippen MR) is 70.2 cm³/mol. The summed E-state index contributed by atoms with van der Waals surface area (Å²) in [5.74, 6) is 0. The van der Waals surface area contributed by atoms with Crippen molar-refractivity contribution in [2.75, 3.05) is 19.7 Å². The van der Waals surface area contributed by atoms with Gasteiger partial charge >= 0.3 is 0 Å². The maximum absolute atomic E-state index is 6.22. The summed E-state index contributed by atoms with van der Waals surface area (Å²) in [5, 5.41) is 3.09. The molecule has 17 heavy (non-hydrogen) atoms. The van der Waals surface area contributed by atoms with Crippen LogP contribution in [0.3, 0.4) is 0 Å². The van der Waals surface area contributed by atoms with Crippen molar-refractivity contribution in [3.63, 3.8) is 0 Å². The van der Waals surface area contributed by atoms with Gasteiger partial charge in [0.1, 0.15) is 0 Å². The standard InChI is InChI=1S/C12H21N3OS/c1-9(2)15-4-5-16-11(8-15)10(13)7-12-14-3-6-17-12/h3,6,9-11H,4-5,7-8,13H2,1-2H3. The number of ether oxygens (including phenoxy) is 1. The molecule has 0 aromatic carbocycles. The lowest BCUT2D eigenvalue weighted by Crippen LogP contribution is -2.53. The number of nitrogens with zero attached hydrogens (tertiary/aromatic N) is 2. The minimum atomic E-state index is 0.0442. The summed E-state index contributed by atoms with van der Waals surface area (Å²) >= 11 is 1.66. The predicted octanol–water partition coefficient (Wildman–Crippen LogP) is 1.12. The summed E-state index contributed by atoms with van der Waals surface area (Å²) in [7, 11) is 0. The second kappa shape index (κ2) is 5.91. The second-order valence-corrected chi connectivity index (χ2v) is 5.77. The average molecular weight is 255 g/mol. The van der Waals surface area contributed by atoms with E-state index < -0.39 is 0 Å². The topological polar surface area (TPSA) is 51.4 Å². The molecule has 1 aromatic rings. The molecule has 2 heterocycles. The van der Waals surface area contributed by atoms with Crippen molar-refractivity contribution in [1.82, 2.24) is 9.88 Å². The van der Waals surface area contributed by atoms with E-state index in [1.807, 2.05) is 11.6 Å². The molecule has 1 fully saturated rings. The van der Waals surface area contributed by atoms with Gasteiger partial charge < -0.3 is 10.5 Å². The Balaban J connectivity index is 1.88. The molecule has 2 rings (SSSR count). The molecule has 0 spiro atoms. The van der Waals surface area contributed by atoms with Gasteiger partial charge in [-0.25, -0.2) is 4.98 Å². The van der Waals surface area contributed by atoms with E-state index in [1.165, 1.54) is 0 Å². The number of nitrogens with two attached hydrogens (primary N) is 1. The zero-order valence-electron chi connectivity index (χ0n) is 10.5. The molecule has 2 N–H and O–H groups in total. The average Bonchev–Trinajstić information content (AvgIpc) is 2.82. The SMILES string of the molecule is CC(C)N1CCOC(C(N)Cc2nccs2)C1. The van der Waals surface area contributed by atoms with E-state index in [4.69, 9.17) is 10.5 Å². The zero-order chi connectivity index (χ0) is 12.3. The first-order valence-corrected chi connectivity index (χ1v) is 7.04. The summed E-state index contributed by atoms with van der Waals surface area (Å²) in [6, 6.07) is 0.608. The Morgan fingerprint density at radius 2 is 2.47 bits per heavy atom. The Morgan fingerprint density at radius 1 is 1.65 bits per heavy atom. The lowest BCUT2D eigenvalue weighted by molar-refractivity contribution is -0.0495. The van der Waals surface area contributed by atoms with E-state index in [0.717, 1.165) is 31.1 Å². The van der Waals surface area contributed by atoms with E-state index in [-0.39, 0.29) is 12.1 Å². The largest absolute Gasteiger partial charge is 0.374 e. The molecule has 0 aliphatic carbocycles. The molecule has 5 heteroatoms. The molecule has 2 atom stereocenters. The number of aromatic nitrogens is 1. The Labute approximate surface area is 107 Å². The summed E-state index contributed by atoms with van der Waals surface area (Å²) in [5.41, 5.74) is 6.22. The molecule has 0 saturated carbocycles. The van der Waals surface area contributed by atoms with Crippen molar-refractivity contribution < 1.29 is 4.74 Å². The minimum Gasteiger partial charge on any atom is -0.374 e. The van der Waals surface area contributed by atoms with Gasteiger partial charge in [0, 0.05) is 43.2 Å². The van der Waals surface area contributed by atoms with Crippen molar-refractivity contribution in [2.24, 2.45) is 5.73 Å². The van der Waals surface area contributed by atoms with Crippen molar-refractivity contribution in [2.45, 2.75) is 38.5 Å². The molecule has 0 bridgehead atoms. The molecule has 0 radical (unpaired) electrons. The van der Waals surface area contributed by atoms with E-state index in [1.54, 1.807) is 11.3 Å². The first-order valence-electron chi connectivity index (χ1n) is 6.16. The normalized spacial score (nSPS) is 24.1. The number of rotatable bonds is 4. The highest BCUT2D eigenvalue weighted by Crippen LogP contribution is 2.14. The lowest BCUT2D eigenvalue weighted by Gasteiger charge is -2.37. The summed E-state index contributed by atoms with van der Waals surface area (Å²) < 4.78 is 5.78. The molecular weight excluding hydrogens is 234 g/mol. The van der Waals surface area contributed by atoms with Gasteiger partial charge in [0.15, 0.2) is 0 Å². The third-order valence-corrected chi connectivity index (χ3v) is 4.03. The molecule has 0 amide bonds. The molecule has 1 aromatic heterocycles. The highest BCUT2D eigenvalue weighted by Gasteiger charge is 2.27. The van der Waals surface area contributed by atoms with Crippen LogP contribution in [0, 0.1) is 0 Å². The lowest BCUT2D eigenvalue weighted by atomic mass is 10.1. The van der Waals surface area contributed by atoms with Crippen LogP contribution in [-0.4, -0.2) is 47.8 Å². The fourth-order valence-electron chi connectivity index (χ4n) is 2.11. The van der Waals surface area contributed by atoms with Crippen LogP contribution in [0.2, 0.25) is 0 Å². The summed E-state index contributed by atoms with van der Waals surface area (Å²) in [6.07, 6.45) is 2.78. The highest BCUT2D eigenvalue weighted by atomic mass is 32.1. The van der Waals surface area contributed by atoms with Gasteiger partial charge in [0.25, 0.3) is 0 Å². The van der Waals surface area contributed by atoms with Gasteiger partial charge in [-0.3, -0.25) is 4.90 Å². The molecule has 4 nitrogen and oxygen atoms in total. The van der Waals surface area contributed by atoms with Crippen molar-refractivity contribution in [3.05, 3.63) is 16.6 Å². The Kier molecular flexibility index (Phi) is 4.50. The Bertz CT molecular complexity index is 329. The zero-order valence-corrected chi connectivity index (χ0v) is 11.3. The van der Waals surface area contributed by atoms with Crippen LogP contribution in [0.4, 0.5) is 0 Å². The minimum absolute atomic E-state index is 0.0442. The van der Waals surface area contributed by atoms with E-state index >= 15 is 0 Å². The quantitative estimate of drug-likeness (QED) is 0.876. The molecular formula is C12H21N3OS. The smallest absolute Gasteiger partial charge is 0.0941 e. The van der Waals surface area contributed by atoms with Crippen LogP contribution < -0.4 is 5.73 Å². The molecule has 96 valence electrons. The van der Waals surface area contributed by atoms with Crippen molar-refractivity contribution in [3.8, 4) is 0 Å². The van der Waals surface area contributed by atoms with Crippen LogP contribution in [0.15, 0.2) is 11.6 Å². The van der Waals surface area contributed by atoms with Gasteiger partial charge in [0.05, 0.1) is 17.7 Å². The van der Waals surface area contributed by atoms with Gasteiger partial charge in [0.2, 0.25) is 0 Å². The summed E-state index contributed by atoms with van der Waals surface area (Å²) in [6.45, 7) is 7.17. The van der Waals surface area contributed by atoms with Gasteiger partial charge in [-0.1, -0.05) is 0 Å². The highest BCUT2D eigenvalue weighted by molar-refractivity contribution is 7.09. The van der Waals surface area contributed by atoms with Crippen LogP contribution >= 0.6 is 11.3 Å². The molecule has 2 unspecified atom stereocenters. The van der Waals surface area contributed by atoms with Gasteiger partial charge in [-0.15, -0.1) is 11.3 Å². The third kappa shape index (κ3) is 3.48. The maximum Gasteiger partial charge on any atom is 0.0941 e. The Hall–Kier alpha value is -0.490. The van der Waals surface area contributed by atoms with Gasteiger partial charge in [-0.05, 0) is 13.8 Å². The van der Waals surface area contributed by atoms with E-state index in [9.17, 15) is 0 Å². The van der Waals surface area contributed by atoms with Crippen LogP contribution in [-0.2, 0) is 11.2 Å². The van der Waals surface area contributed by atoms with E-state index in [2.05, 4.69) is 23.7 Å². The molecule has 1 aliphatic rings. The summed E-state index contributed by atoms with van der Waals surface area (Å²) in [4.78, 5) is 6.70. The van der Waals surface area contributed by atoms with Crippen LogP contribution in [0.25, 0.3) is 0 Å². The second-order valence-electron chi connectivity index (χ2n) is 4.79. The first kappa shape index (κ1) is 13.0. The molecule has 1 aliphatic heterocycles. The first-order chi connectivity index (χ1) is 8.16. The van der Waals surface area contributed by atoms with Gasteiger partial charge in [-0.2, -0.15) is 0 Å². The maximum atomic E-state index is 6.22. The number of hydrogen-bond acceptors (Lipinski definition) is 5. The number of morpholine rings is 1.